The first kappa shape index (κ1) is 15.3. The molecule has 1 aromatic heterocycles. The molecule has 0 spiro atoms. The first-order valence-electron chi connectivity index (χ1n) is 7.53. The zero-order valence-corrected chi connectivity index (χ0v) is 12.7. The molecule has 1 aliphatic carbocycles. The Morgan fingerprint density at radius 1 is 1.48 bits per heavy atom. The van der Waals surface area contributed by atoms with Crippen LogP contribution in [0.5, 0.6) is 0 Å². The molecule has 1 amide bonds. The minimum Gasteiger partial charge on any atom is -0.368 e. The molecule has 0 atom stereocenters. The van der Waals surface area contributed by atoms with Crippen molar-refractivity contribution in [3.63, 3.8) is 0 Å². The summed E-state index contributed by atoms with van der Waals surface area (Å²) in [6.45, 7) is 5.31. The highest BCUT2D eigenvalue weighted by molar-refractivity contribution is 5.76. The third-order valence-electron chi connectivity index (χ3n) is 3.52. The van der Waals surface area contributed by atoms with Crippen LogP contribution >= 0.6 is 0 Å². The van der Waals surface area contributed by atoms with Crippen LogP contribution < -0.4 is 10.6 Å². The highest BCUT2D eigenvalue weighted by Gasteiger charge is 2.16. The fraction of sp³-hybridized carbons (Fsp3) is 0.562. The van der Waals surface area contributed by atoms with E-state index in [9.17, 15) is 10.1 Å². The van der Waals surface area contributed by atoms with E-state index < -0.39 is 0 Å². The van der Waals surface area contributed by atoms with Gasteiger partial charge in [0.05, 0.1) is 5.56 Å². The molecule has 1 heterocycles. The van der Waals surface area contributed by atoms with Crippen LogP contribution in [0.1, 0.15) is 43.5 Å². The average molecular weight is 286 g/mol. The lowest BCUT2D eigenvalue weighted by Gasteiger charge is -2.10. The van der Waals surface area contributed by atoms with Crippen LogP contribution in [-0.2, 0) is 17.6 Å². The van der Waals surface area contributed by atoms with Crippen LogP contribution in [0.15, 0.2) is 6.07 Å². The van der Waals surface area contributed by atoms with Gasteiger partial charge in [0.15, 0.2) is 0 Å². The molecule has 1 aromatic rings. The van der Waals surface area contributed by atoms with Gasteiger partial charge in [0, 0.05) is 25.2 Å². The Kier molecular flexibility index (Phi) is 5.15. The van der Waals surface area contributed by atoms with Gasteiger partial charge in [0.1, 0.15) is 11.9 Å². The molecule has 0 radical (unpaired) electrons. The third kappa shape index (κ3) is 4.19. The standard InChI is InChI=1S/C16H22N4O/c1-11(2)10-19-15(21)6-7-18-16-13(9-17)8-12-4-3-5-14(12)20-16/h8,11H,3-7,10H2,1-2H3,(H,18,20)(H,19,21). The fourth-order valence-corrected chi connectivity index (χ4v) is 2.39. The number of nitrogens with zero attached hydrogens (tertiary/aromatic N) is 2. The molecule has 0 aromatic carbocycles. The summed E-state index contributed by atoms with van der Waals surface area (Å²) in [6.07, 6.45) is 3.48. The van der Waals surface area contributed by atoms with Crippen molar-refractivity contribution in [3.05, 3.63) is 22.9 Å². The largest absolute Gasteiger partial charge is 0.368 e. The summed E-state index contributed by atoms with van der Waals surface area (Å²) in [7, 11) is 0. The van der Waals surface area contributed by atoms with Crippen LogP contribution in [0.25, 0.3) is 0 Å². The molecule has 0 aliphatic heterocycles. The van der Waals surface area contributed by atoms with Gasteiger partial charge in [0.25, 0.3) is 0 Å². The minimum atomic E-state index is 0.0240. The number of pyridine rings is 1. The number of fused-ring (bicyclic) bond motifs is 1. The predicted octanol–water partition coefficient (Wildman–Crippen LogP) is 2.02. The Morgan fingerprint density at radius 2 is 2.29 bits per heavy atom. The van der Waals surface area contributed by atoms with Crippen LogP contribution in [0.3, 0.4) is 0 Å². The van der Waals surface area contributed by atoms with Crippen molar-refractivity contribution >= 4 is 11.7 Å². The molecule has 112 valence electrons. The summed E-state index contributed by atoms with van der Waals surface area (Å²) in [5, 5.41) is 15.2. The van der Waals surface area contributed by atoms with E-state index in [0.29, 0.717) is 36.8 Å². The number of rotatable bonds is 6. The van der Waals surface area contributed by atoms with Gasteiger partial charge in [-0.2, -0.15) is 5.26 Å². The normalized spacial score (nSPS) is 12.9. The molecule has 2 rings (SSSR count). The first-order valence-corrected chi connectivity index (χ1v) is 7.53. The first-order chi connectivity index (χ1) is 10.1. The van der Waals surface area contributed by atoms with E-state index >= 15 is 0 Å². The predicted molar refractivity (Wildman–Crippen MR) is 81.9 cm³/mol. The molecule has 2 N–H and O–H groups in total. The molecule has 0 saturated heterocycles. The zero-order valence-electron chi connectivity index (χ0n) is 12.7. The number of nitrogens with one attached hydrogen (secondary N) is 2. The average Bonchev–Trinajstić information content (AvgIpc) is 2.91. The molecule has 1 aliphatic rings. The quantitative estimate of drug-likeness (QED) is 0.838. The van der Waals surface area contributed by atoms with Gasteiger partial charge in [0.2, 0.25) is 5.91 Å². The third-order valence-corrected chi connectivity index (χ3v) is 3.52. The lowest BCUT2D eigenvalue weighted by Crippen LogP contribution is -2.28. The number of hydrogen-bond donors (Lipinski definition) is 2. The number of amides is 1. The Hall–Kier alpha value is -2.09. The maximum Gasteiger partial charge on any atom is 0.221 e. The molecule has 5 nitrogen and oxygen atoms in total. The molecule has 0 bridgehead atoms. The van der Waals surface area contributed by atoms with Gasteiger partial charge in [-0.1, -0.05) is 13.8 Å². The second-order valence-electron chi connectivity index (χ2n) is 5.83. The van der Waals surface area contributed by atoms with Crippen LogP contribution in [-0.4, -0.2) is 24.0 Å². The maximum absolute atomic E-state index is 11.6. The number of hydrogen-bond acceptors (Lipinski definition) is 4. The van der Waals surface area contributed by atoms with E-state index in [-0.39, 0.29) is 5.91 Å². The van der Waals surface area contributed by atoms with Crippen LogP contribution in [0.4, 0.5) is 5.82 Å². The van der Waals surface area contributed by atoms with E-state index in [4.69, 9.17) is 0 Å². The lowest BCUT2D eigenvalue weighted by molar-refractivity contribution is -0.120. The molecule has 5 heteroatoms. The number of carbonyl (C=O) groups excluding carboxylic acids is 1. The van der Waals surface area contributed by atoms with E-state index in [1.165, 1.54) is 5.56 Å². The summed E-state index contributed by atoms with van der Waals surface area (Å²) < 4.78 is 0. The van der Waals surface area contributed by atoms with Gasteiger partial charge >= 0.3 is 0 Å². The van der Waals surface area contributed by atoms with Crippen molar-refractivity contribution in [1.29, 1.82) is 5.26 Å². The summed E-state index contributed by atoms with van der Waals surface area (Å²) in [4.78, 5) is 16.2. The van der Waals surface area contributed by atoms with E-state index in [1.54, 1.807) is 0 Å². The summed E-state index contributed by atoms with van der Waals surface area (Å²) in [5.41, 5.74) is 2.84. The second kappa shape index (κ2) is 7.07. The molecule has 0 saturated carbocycles. The Labute approximate surface area is 125 Å². The van der Waals surface area contributed by atoms with Crippen molar-refractivity contribution in [3.8, 4) is 6.07 Å². The number of aryl methyl sites for hydroxylation is 2. The topological polar surface area (TPSA) is 77.8 Å². The summed E-state index contributed by atoms with van der Waals surface area (Å²) >= 11 is 0. The number of aromatic nitrogens is 1. The van der Waals surface area contributed by atoms with Crippen molar-refractivity contribution in [2.24, 2.45) is 5.92 Å². The minimum absolute atomic E-state index is 0.0240. The maximum atomic E-state index is 11.6. The Balaban J connectivity index is 1.89. The number of carbonyl (C=O) groups is 1. The molecule has 0 unspecified atom stereocenters. The highest BCUT2D eigenvalue weighted by Crippen LogP contribution is 2.24. The van der Waals surface area contributed by atoms with Gasteiger partial charge in [-0.25, -0.2) is 4.98 Å². The van der Waals surface area contributed by atoms with E-state index in [1.807, 2.05) is 6.07 Å². The van der Waals surface area contributed by atoms with E-state index in [0.717, 1.165) is 25.0 Å². The number of nitriles is 1. The molecule has 21 heavy (non-hydrogen) atoms. The van der Waals surface area contributed by atoms with Crippen LogP contribution in [0.2, 0.25) is 0 Å². The summed E-state index contributed by atoms with van der Waals surface area (Å²) in [5.74, 6) is 1.08. The lowest BCUT2D eigenvalue weighted by atomic mass is 10.1. The van der Waals surface area contributed by atoms with Crippen LogP contribution in [0, 0.1) is 17.2 Å². The van der Waals surface area contributed by atoms with Crippen molar-refractivity contribution < 1.29 is 4.79 Å². The highest BCUT2D eigenvalue weighted by atomic mass is 16.1. The molecular formula is C16H22N4O. The van der Waals surface area contributed by atoms with Gasteiger partial charge in [-0.3, -0.25) is 4.79 Å². The van der Waals surface area contributed by atoms with Gasteiger partial charge in [-0.05, 0) is 36.8 Å². The van der Waals surface area contributed by atoms with Crippen molar-refractivity contribution in [2.75, 3.05) is 18.4 Å². The Morgan fingerprint density at radius 3 is 3.00 bits per heavy atom. The SMILES string of the molecule is CC(C)CNC(=O)CCNc1nc2c(cc1C#N)CCC2. The zero-order chi connectivity index (χ0) is 15.2. The summed E-state index contributed by atoms with van der Waals surface area (Å²) in [6, 6.07) is 4.11. The smallest absolute Gasteiger partial charge is 0.221 e. The molecule has 0 fully saturated rings. The second-order valence-corrected chi connectivity index (χ2v) is 5.83. The monoisotopic (exact) mass is 286 g/mol. The number of anilines is 1. The van der Waals surface area contributed by atoms with Gasteiger partial charge < -0.3 is 10.6 Å². The van der Waals surface area contributed by atoms with Crippen molar-refractivity contribution in [1.82, 2.24) is 10.3 Å². The van der Waals surface area contributed by atoms with E-state index in [2.05, 4.69) is 35.5 Å². The molecular weight excluding hydrogens is 264 g/mol. The fourth-order valence-electron chi connectivity index (χ4n) is 2.39. The van der Waals surface area contributed by atoms with Gasteiger partial charge in [-0.15, -0.1) is 0 Å². The Bertz CT molecular complexity index is 560. The van der Waals surface area contributed by atoms with Crippen molar-refractivity contribution in [2.45, 2.75) is 39.5 Å².